The van der Waals surface area contributed by atoms with Crippen molar-refractivity contribution >= 4 is 28.3 Å². The Morgan fingerprint density at radius 2 is 1.66 bits per heavy atom. The van der Waals surface area contributed by atoms with Crippen LogP contribution >= 0.6 is 0 Å². The fraction of sp³-hybridized carbons (Fsp3) is 0.300. The SMILES string of the molecule is NC1(C(=O)N2CCC3(CC2)C(=O)N(Cc2ncc4ccccc4c2-c2ccncc2)c2cnccc23)CC1. The number of piperidine rings is 1. The predicted molar refractivity (Wildman–Crippen MR) is 144 cm³/mol. The molecule has 2 N–H and O–H groups in total. The van der Waals surface area contributed by atoms with Crippen molar-refractivity contribution in [3.8, 4) is 11.1 Å². The van der Waals surface area contributed by atoms with Crippen LogP contribution in [-0.4, -0.2) is 50.3 Å². The minimum Gasteiger partial charge on any atom is -0.341 e. The number of nitrogens with two attached hydrogens (primary N) is 1. The number of aromatic nitrogens is 3. The van der Waals surface area contributed by atoms with E-state index in [1.165, 1.54) is 0 Å². The number of pyridine rings is 3. The maximum Gasteiger partial charge on any atom is 0.242 e. The summed E-state index contributed by atoms with van der Waals surface area (Å²) < 4.78 is 0. The molecule has 3 aromatic heterocycles. The number of rotatable bonds is 4. The van der Waals surface area contributed by atoms with E-state index in [1.807, 2.05) is 52.4 Å². The summed E-state index contributed by atoms with van der Waals surface area (Å²) in [5, 5.41) is 2.12. The van der Waals surface area contributed by atoms with E-state index in [0.29, 0.717) is 32.5 Å². The van der Waals surface area contributed by atoms with Crippen LogP contribution in [0.3, 0.4) is 0 Å². The number of benzene rings is 1. The Hall–Kier alpha value is -4.17. The highest BCUT2D eigenvalue weighted by atomic mass is 16.2. The summed E-state index contributed by atoms with van der Waals surface area (Å²) in [6, 6.07) is 14.1. The van der Waals surface area contributed by atoms with Crippen molar-refractivity contribution in [2.75, 3.05) is 18.0 Å². The molecule has 1 spiro atoms. The van der Waals surface area contributed by atoms with E-state index in [2.05, 4.69) is 16.0 Å². The highest BCUT2D eigenvalue weighted by Gasteiger charge is 2.55. The first-order valence-corrected chi connectivity index (χ1v) is 13.1. The van der Waals surface area contributed by atoms with Gasteiger partial charge in [0.25, 0.3) is 0 Å². The molecule has 2 fully saturated rings. The number of likely N-dealkylation sites (tertiary alicyclic amines) is 1. The largest absolute Gasteiger partial charge is 0.341 e. The number of carbonyl (C=O) groups excluding carboxylic acids is 2. The molecule has 190 valence electrons. The zero-order chi connectivity index (χ0) is 25.9. The summed E-state index contributed by atoms with van der Waals surface area (Å²) in [6.07, 6.45) is 11.6. The molecular weight excluding hydrogens is 476 g/mol. The average Bonchev–Trinajstić information content (AvgIpc) is 3.69. The van der Waals surface area contributed by atoms with E-state index in [9.17, 15) is 9.59 Å². The number of fused-ring (bicyclic) bond motifs is 3. The summed E-state index contributed by atoms with van der Waals surface area (Å²) in [5.41, 5.74) is 9.48. The first-order chi connectivity index (χ1) is 18.5. The molecule has 0 unspecified atom stereocenters. The standard InChI is InChI=1S/C30H28N6O2/c31-30(8-9-30)28(38)35-15-10-29(11-16-35)23-7-14-33-18-25(23)36(27(29)37)19-24-26(20-5-12-32-13-6-20)22-4-2-1-3-21(22)17-34-24/h1-7,12-14,17-18H,8-11,15-16,19,31H2. The Morgan fingerprint density at radius 3 is 2.42 bits per heavy atom. The molecule has 2 aliphatic heterocycles. The minimum absolute atomic E-state index is 0.0203. The van der Waals surface area contributed by atoms with Gasteiger partial charge in [0, 0.05) is 48.8 Å². The molecule has 1 saturated carbocycles. The summed E-state index contributed by atoms with van der Waals surface area (Å²) in [6.45, 7) is 1.38. The van der Waals surface area contributed by atoms with E-state index in [1.54, 1.807) is 24.8 Å². The molecule has 1 aliphatic carbocycles. The zero-order valence-corrected chi connectivity index (χ0v) is 21.0. The van der Waals surface area contributed by atoms with Crippen molar-refractivity contribution in [3.05, 3.63) is 84.7 Å². The molecule has 4 aromatic rings. The fourth-order valence-electron chi connectivity index (χ4n) is 6.20. The zero-order valence-electron chi connectivity index (χ0n) is 21.0. The van der Waals surface area contributed by atoms with Crippen LogP contribution in [0.4, 0.5) is 5.69 Å². The van der Waals surface area contributed by atoms with Gasteiger partial charge in [0.2, 0.25) is 11.8 Å². The molecule has 1 aromatic carbocycles. The first-order valence-electron chi connectivity index (χ1n) is 13.1. The molecule has 0 radical (unpaired) electrons. The maximum atomic E-state index is 14.3. The molecular formula is C30H28N6O2. The molecule has 8 heteroatoms. The number of hydrogen-bond acceptors (Lipinski definition) is 6. The summed E-state index contributed by atoms with van der Waals surface area (Å²) in [4.78, 5) is 44.3. The molecule has 5 heterocycles. The van der Waals surface area contributed by atoms with Crippen molar-refractivity contribution in [1.82, 2.24) is 19.9 Å². The predicted octanol–water partition coefficient (Wildman–Crippen LogP) is 3.59. The van der Waals surface area contributed by atoms with E-state index < -0.39 is 11.0 Å². The third-order valence-electron chi connectivity index (χ3n) is 8.53. The van der Waals surface area contributed by atoms with Gasteiger partial charge in [-0.3, -0.25) is 24.5 Å². The number of hydrogen-bond donors (Lipinski definition) is 1. The van der Waals surface area contributed by atoms with Crippen LogP contribution < -0.4 is 10.6 Å². The number of anilines is 1. The molecule has 3 aliphatic rings. The van der Waals surface area contributed by atoms with Gasteiger partial charge < -0.3 is 15.5 Å². The van der Waals surface area contributed by atoms with Gasteiger partial charge in [0.15, 0.2) is 0 Å². The Morgan fingerprint density at radius 1 is 0.921 bits per heavy atom. The highest BCUT2D eigenvalue weighted by Crippen LogP contribution is 2.49. The Bertz CT molecular complexity index is 1570. The molecule has 0 bridgehead atoms. The monoisotopic (exact) mass is 504 g/mol. The quantitative estimate of drug-likeness (QED) is 0.455. The van der Waals surface area contributed by atoms with Gasteiger partial charge in [-0.1, -0.05) is 24.3 Å². The fourth-order valence-corrected chi connectivity index (χ4v) is 6.20. The van der Waals surface area contributed by atoms with Gasteiger partial charge in [0.1, 0.15) is 0 Å². The lowest BCUT2D eigenvalue weighted by molar-refractivity contribution is -0.137. The van der Waals surface area contributed by atoms with E-state index >= 15 is 0 Å². The Labute approximate surface area is 220 Å². The second kappa shape index (κ2) is 8.43. The molecule has 0 atom stereocenters. The Balaban J connectivity index is 1.26. The lowest BCUT2D eigenvalue weighted by Gasteiger charge is -2.39. The van der Waals surface area contributed by atoms with E-state index in [4.69, 9.17) is 10.7 Å². The number of amides is 2. The molecule has 38 heavy (non-hydrogen) atoms. The van der Waals surface area contributed by atoms with E-state index in [0.717, 1.165) is 51.7 Å². The summed E-state index contributed by atoms with van der Waals surface area (Å²) >= 11 is 0. The van der Waals surface area contributed by atoms with Crippen molar-refractivity contribution in [2.45, 2.75) is 43.2 Å². The molecule has 2 amide bonds. The van der Waals surface area contributed by atoms with Crippen molar-refractivity contribution in [1.29, 1.82) is 0 Å². The number of carbonyl (C=O) groups is 2. The lowest BCUT2D eigenvalue weighted by atomic mass is 9.74. The van der Waals surface area contributed by atoms with Gasteiger partial charge in [-0.15, -0.1) is 0 Å². The third-order valence-corrected chi connectivity index (χ3v) is 8.53. The molecule has 8 nitrogen and oxygen atoms in total. The van der Waals surface area contributed by atoms with E-state index in [-0.39, 0.29) is 11.8 Å². The third kappa shape index (κ3) is 3.44. The normalized spacial score (nSPS) is 19.1. The summed E-state index contributed by atoms with van der Waals surface area (Å²) in [7, 11) is 0. The van der Waals surface area contributed by atoms with Gasteiger partial charge in [-0.05, 0) is 60.4 Å². The van der Waals surface area contributed by atoms with Crippen molar-refractivity contribution in [3.63, 3.8) is 0 Å². The van der Waals surface area contributed by atoms with Crippen LogP contribution in [0.15, 0.2) is 73.4 Å². The molecule has 1 saturated heterocycles. The van der Waals surface area contributed by atoms with Gasteiger partial charge in [-0.2, -0.15) is 0 Å². The molecule has 7 rings (SSSR count). The topological polar surface area (TPSA) is 105 Å². The Kier molecular flexibility index (Phi) is 5.10. The smallest absolute Gasteiger partial charge is 0.242 e. The van der Waals surface area contributed by atoms with Crippen molar-refractivity contribution < 1.29 is 9.59 Å². The van der Waals surface area contributed by atoms with Crippen molar-refractivity contribution in [2.24, 2.45) is 5.73 Å². The van der Waals surface area contributed by atoms with Crippen LogP contribution in [0.5, 0.6) is 0 Å². The van der Waals surface area contributed by atoms with Gasteiger partial charge in [0.05, 0.1) is 35.1 Å². The van der Waals surface area contributed by atoms with Crippen LogP contribution in [0, 0.1) is 0 Å². The highest BCUT2D eigenvalue weighted by molar-refractivity contribution is 6.08. The second-order valence-electron chi connectivity index (χ2n) is 10.7. The van der Waals surface area contributed by atoms with Crippen LogP contribution in [-0.2, 0) is 21.5 Å². The number of nitrogens with zero attached hydrogens (tertiary/aromatic N) is 5. The van der Waals surface area contributed by atoms with Gasteiger partial charge >= 0.3 is 0 Å². The summed E-state index contributed by atoms with van der Waals surface area (Å²) in [5.74, 6) is 0.0732. The average molecular weight is 505 g/mol. The second-order valence-corrected chi connectivity index (χ2v) is 10.7. The van der Waals surface area contributed by atoms with Gasteiger partial charge in [-0.25, -0.2) is 0 Å². The van der Waals surface area contributed by atoms with Crippen LogP contribution in [0.25, 0.3) is 21.9 Å². The van der Waals surface area contributed by atoms with Crippen LogP contribution in [0.1, 0.15) is 36.9 Å². The lowest BCUT2D eigenvalue weighted by Crippen LogP contribution is -2.54. The first kappa shape index (κ1) is 23.0. The maximum absolute atomic E-state index is 14.3. The van der Waals surface area contributed by atoms with Crippen LogP contribution in [0.2, 0.25) is 0 Å². The minimum atomic E-state index is -0.691.